The molecule has 0 aromatic carbocycles. The molecule has 4 N–H and O–H groups in total. The molecule has 3 saturated carbocycles. The summed E-state index contributed by atoms with van der Waals surface area (Å²) in [5.41, 5.74) is 3.00. The van der Waals surface area contributed by atoms with Crippen molar-refractivity contribution in [3.63, 3.8) is 0 Å². The highest BCUT2D eigenvalue weighted by Gasteiger charge is 2.50. The van der Waals surface area contributed by atoms with E-state index in [1.165, 1.54) is 37.7 Å². The van der Waals surface area contributed by atoms with E-state index in [1.54, 1.807) is 0 Å². The minimum atomic E-state index is -0.739. The second kappa shape index (κ2) is 11.4. The fraction of sp³-hybridized carbons (Fsp3) is 0.800. The molecule has 0 aliphatic heterocycles. The van der Waals surface area contributed by atoms with Crippen LogP contribution in [0.3, 0.4) is 0 Å². The standard InChI is InChI=1S/C30H50O4/c1-20(9-6-16-29(3,4)34)25-14-15-26-22(10-7-17-30(25,26)5)12-13-23-19-27(32)24(11-8-18-31)28(33)21(23)2/h12-13,20,24-28,31-34H,2,6-11,14-19H2,1,3-5H3/b22-12+,23-13-/t20-,24-,25-,26+,27-,28-,30-/m1/s1. The predicted molar refractivity (Wildman–Crippen MR) is 139 cm³/mol. The zero-order valence-electron chi connectivity index (χ0n) is 22.1. The molecule has 4 nitrogen and oxygen atoms in total. The van der Waals surface area contributed by atoms with Crippen LogP contribution in [0.15, 0.2) is 35.5 Å². The summed E-state index contributed by atoms with van der Waals surface area (Å²) in [5.74, 6) is 1.78. The average molecular weight is 475 g/mol. The first-order chi connectivity index (χ1) is 16.0. The molecule has 34 heavy (non-hydrogen) atoms. The van der Waals surface area contributed by atoms with Crippen LogP contribution in [-0.2, 0) is 0 Å². The van der Waals surface area contributed by atoms with Crippen molar-refractivity contribution < 1.29 is 20.4 Å². The molecule has 0 saturated heterocycles. The van der Waals surface area contributed by atoms with Crippen LogP contribution in [0.25, 0.3) is 0 Å². The van der Waals surface area contributed by atoms with Crippen molar-refractivity contribution in [1.29, 1.82) is 0 Å². The smallest absolute Gasteiger partial charge is 0.0839 e. The molecule has 7 atom stereocenters. The van der Waals surface area contributed by atoms with Gasteiger partial charge in [-0.3, -0.25) is 0 Å². The van der Waals surface area contributed by atoms with Crippen molar-refractivity contribution in [2.45, 2.75) is 116 Å². The van der Waals surface area contributed by atoms with Crippen molar-refractivity contribution in [2.75, 3.05) is 6.61 Å². The largest absolute Gasteiger partial charge is 0.396 e. The van der Waals surface area contributed by atoms with Crippen LogP contribution in [0, 0.1) is 29.1 Å². The van der Waals surface area contributed by atoms with Gasteiger partial charge in [-0.05, 0) is 106 Å². The van der Waals surface area contributed by atoms with Gasteiger partial charge in [-0.2, -0.15) is 0 Å². The molecule has 0 amide bonds. The van der Waals surface area contributed by atoms with E-state index in [1.807, 2.05) is 13.8 Å². The van der Waals surface area contributed by atoms with Crippen molar-refractivity contribution in [1.82, 2.24) is 0 Å². The highest BCUT2D eigenvalue weighted by molar-refractivity contribution is 5.39. The lowest BCUT2D eigenvalue weighted by molar-refractivity contribution is 0.0112. The van der Waals surface area contributed by atoms with Crippen molar-refractivity contribution in [3.05, 3.63) is 35.5 Å². The number of aliphatic hydroxyl groups is 4. The molecule has 0 bridgehead atoms. The summed E-state index contributed by atoms with van der Waals surface area (Å²) < 4.78 is 0. The summed E-state index contributed by atoms with van der Waals surface area (Å²) >= 11 is 0. The molecule has 0 unspecified atom stereocenters. The lowest BCUT2D eigenvalue weighted by Gasteiger charge is -2.44. The van der Waals surface area contributed by atoms with Gasteiger partial charge < -0.3 is 20.4 Å². The lowest BCUT2D eigenvalue weighted by atomic mass is 9.60. The van der Waals surface area contributed by atoms with E-state index in [9.17, 15) is 15.3 Å². The van der Waals surface area contributed by atoms with Gasteiger partial charge in [0, 0.05) is 12.5 Å². The van der Waals surface area contributed by atoms with Gasteiger partial charge in [0.05, 0.1) is 17.8 Å². The zero-order chi connectivity index (χ0) is 25.1. The van der Waals surface area contributed by atoms with E-state index in [4.69, 9.17) is 5.11 Å². The molecular weight excluding hydrogens is 424 g/mol. The topological polar surface area (TPSA) is 80.9 Å². The average Bonchev–Trinajstić information content (AvgIpc) is 3.12. The van der Waals surface area contributed by atoms with Crippen LogP contribution in [0.5, 0.6) is 0 Å². The summed E-state index contributed by atoms with van der Waals surface area (Å²) in [6.07, 6.45) is 14.2. The van der Waals surface area contributed by atoms with Crippen LogP contribution in [0.1, 0.15) is 98.3 Å². The molecule has 0 spiro atoms. The van der Waals surface area contributed by atoms with Gasteiger partial charge in [0.1, 0.15) is 0 Å². The zero-order valence-corrected chi connectivity index (χ0v) is 22.1. The number of hydrogen-bond acceptors (Lipinski definition) is 4. The van der Waals surface area contributed by atoms with Gasteiger partial charge >= 0.3 is 0 Å². The third-order valence-corrected chi connectivity index (χ3v) is 9.47. The lowest BCUT2D eigenvalue weighted by Crippen LogP contribution is -2.38. The summed E-state index contributed by atoms with van der Waals surface area (Å²) in [7, 11) is 0. The summed E-state index contributed by atoms with van der Waals surface area (Å²) in [6, 6.07) is 0. The maximum atomic E-state index is 10.7. The Morgan fingerprint density at radius 2 is 1.91 bits per heavy atom. The SMILES string of the molecule is C=C1/C(=C\C=C2/CCC[C@]3(C)[C@@H]([C@H](C)CCCC(C)(C)O)CC[C@@H]23)C[C@@H](O)[C@@H](CCCO)[C@@H]1O. The minimum absolute atomic E-state index is 0.0798. The highest BCUT2D eigenvalue weighted by atomic mass is 16.3. The number of fused-ring (bicyclic) bond motifs is 1. The van der Waals surface area contributed by atoms with Crippen LogP contribution in [0.2, 0.25) is 0 Å². The van der Waals surface area contributed by atoms with Gasteiger partial charge in [0.15, 0.2) is 0 Å². The molecule has 194 valence electrons. The van der Waals surface area contributed by atoms with Gasteiger partial charge in [0.2, 0.25) is 0 Å². The second-order valence-corrected chi connectivity index (χ2v) is 12.5. The Morgan fingerprint density at radius 3 is 2.59 bits per heavy atom. The first-order valence-corrected chi connectivity index (χ1v) is 13.8. The molecular formula is C30H50O4. The number of rotatable bonds is 9. The van der Waals surface area contributed by atoms with Crippen LogP contribution in [-0.4, -0.2) is 44.8 Å². The summed E-state index contributed by atoms with van der Waals surface area (Å²) in [6.45, 7) is 13.0. The Labute approximate surface area is 207 Å². The van der Waals surface area contributed by atoms with Gasteiger partial charge in [-0.25, -0.2) is 0 Å². The van der Waals surface area contributed by atoms with Crippen LogP contribution < -0.4 is 0 Å². The molecule has 3 fully saturated rings. The first-order valence-electron chi connectivity index (χ1n) is 13.8. The molecule has 0 aromatic rings. The molecule has 0 heterocycles. The summed E-state index contributed by atoms with van der Waals surface area (Å²) in [4.78, 5) is 0. The molecule has 4 heteroatoms. The van der Waals surface area contributed by atoms with Crippen molar-refractivity contribution in [3.8, 4) is 0 Å². The normalized spacial score (nSPS) is 37.9. The van der Waals surface area contributed by atoms with Crippen molar-refractivity contribution in [2.24, 2.45) is 29.1 Å². The summed E-state index contributed by atoms with van der Waals surface area (Å²) in [5, 5.41) is 40.6. The van der Waals surface area contributed by atoms with E-state index in [0.717, 1.165) is 36.3 Å². The van der Waals surface area contributed by atoms with E-state index in [0.29, 0.717) is 36.5 Å². The minimum Gasteiger partial charge on any atom is -0.396 e. The molecule has 0 aromatic heterocycles. The maximum absolute atomic E-state index is 10.7. The van der Waals surface area contributed by atoms with E-state index in [-0.39, 0.29) is 12.5 Å². The molecule has 3 rings (SSSR count). The van der Waals surface area contributed by atoms with E-state index < -0.39 is 17.8 Å². The Kier molecular flexibility index (Phi) is 9.28. The Bertz CT molecular complexity index is 760. The van der Waals surface area contributed by atoms with Gasteiger partial charge in [-0.15, -0.1) is 0 Å². The Morgan fingerprint density at radius 1 is 1.18 bits per heavy atom. The Hall–Kier alpha value is -0.940. The predicted octanol–water partition coefficient (Wildman–Crippen LogP) is 5.70. The highest BCUT2D eigenvalue weighted by Crippen LogP contribution is 2.60. The quantitative estimate of drug-likeness (QED) is 0.345. The third kappa shape index (κ3) is 6.24. The van der Waals surface area contributed by atoms with Crippen LogP contribution in [0.4, 0.5) is 0 Å². The van der Waals surface area contributed by atoms with Gasteiger partial charge in [-0.1, -0.05) is 51.0 Å². The molecule has 0 radical (unpaired) electrons. The van der Waals surface area contributed by atoms with E-state index in [2.05, 4.69) is 32.6 Å². The van der Waals surface area contributed by atoms with E-state index >= 15 is 0 Å². The monoisotopic (exact) mass is 474 g/mol. The van der Waals surface area contributed by atoms with Crippen molar-refractivity contribution >= 4 is 0 Å². The molecule has 3 aliphatic rings. The third-order valence-electron chi connectivity index (χ3n) is 9.47. The molecule has 3 aliphatic carbocycles. The number of aliphatic hydroxyl groups excluding tert-OH is 3. The Balaban J connectivity index is 1.69. The van der Waals surface area contributed by atoms with Crippen LogP contribution >= 0.6 is 0 Å². The van der Waals surface area contributed by atoms with Gasteiger partial charge in [0.25, 0.3) is 0 Å². The fourth-order valence-corrected chi connectivity index (χ4v) is 7.50. The number of allylic oxidation sites excluding steroid dienone is 3. The number of hydrogen-bond donors (Lipinski definition) is 4. The fourth-order valence-electron chi connectivity index (χ4n) is 7.50. The first kappa shape index (κ1) is 27.6. The second-order valence-electron chi connectivity index (χ2n) is 12.5. The maximum Gasteiger partial charge on any atom is 0.0839 e.